The predicted octanol–water partition coefficient (Wildman–Crippen LogP) is 3.53. The molecule has 0 unspecified atom stereocenters. The third-order valence-corrected chi connectivity index (χ3v) is 3.59. The van der Waals surface area contributed by atoms with Crippen LogP contribution in [0.4, 0.5) is 10.2 Å². The molecule has 1 aromatic carbocycles. The Morgan fingerprint density at radius 1 is 1.22 bits per heavy atom. The van der Waals surface area contributed by atoms with Crippen molar-refractivity contribution in [2.45, 2.75) is 15.1 Å². The van der Waals surface area contributed by atoms with E-state index in [0.717, 1.165) is 15.7 Å². The smallest absolute Gasteiger partial charge is 0.190 e. The Labute approximate surface area is 114 Å². The molecule has 94 valence electrons. The zero-order valence-electron chi connectivity index (χ0n) is 9.98. The summed E-state index contributed by atoms with van der Waals surface area (Å²) in [5.41, 5.74) is 0. The van der Waals surface area contributed by atoms with Gasteiger partial charge in [0.15, 0.2) is 5.16 Å². The van der Waals surface area contributed by atoms with E-state index in [4.69, 9.17) is 0 Å². The van der Waals surface area contributed by atoms with Gasteiger partial charge in [0.1, 0.15) is 16.7 Å². The number of nitrogens with one attached hydrogen (secondary N) is 1. The lowest BCUT2D eigenvalue weighted by atomic mass is 10.4. The van der Waals surface area contributed by atoms with E-state index >= 15 is 0 Å². The molecule has 1 heterocycles. The number of hydrogen-bond acceptors (Lipinski definition) is 5. The molecule has 0 aliphatic carbocycles. The zero-order valence-corrected chi connectivity index (χ0v) is 11.6. The van der Waals surface area contributed by atoms with Crippen molar-refractivity contribution in [2.24, 2.45) is 0 Å². The topological polar surface area (TPSA) is 37.8 Å². The summed E-state index contributed by atoms with van der Waals surface area (Å²) in [6.07, 6.45) is 1.92. The Bertz CT molecular complexity index is 526. The van der Waals surface area contributed by atoms with Gasteiger partial charge in [-0.05, 0) is 24.5 Å². The number of rotatable bonds is 4. The van der Waals surface area contributed by atoms with Crippen molar-refractivity contribution in [2.75, 3.05) is 18.6 Å². The van der Waals surface area contributed by atoms with Gasteiger partial charge in [-0.25, -0.2) is 14.4 Å². The molecule has 0 saturated heterocycles. The van der Waals surface area contributed by atoms with Crippen molar-refractivity contribution < 1.29 is 4.39 Å². The van der Waals surface area contributed by atoms with Crippen molar-refractivity contribution in [1.82, 2.24) is 9.97 Å². The number of halogens is 1. The highest BCUT2D eigenvalue weighted by atomic mass is 32.2. The number of nitrogens with zero attached hydrogens (tertiary/aromatic N) is 2. The van der Waals surface area contributed by atoms with Crippen LogP contribution < -0.4 is 5.32 Å². The summed E-state index contributed by atoms with van der Waals surface area (Å²) in [4.78, 5) is 9.48. The summed E-state index contributed by atoms with van der Waals surface area (Å²) < 4.78 is 13.1. The maximum Gasteiger partial charge on any atom is 0.190 e. The number of thioether (sulfide) groups is 1. The van der Waals surface area contributed by atoms with Crippen LogP contribution in [0, 0.1) is 5.82 Å². The van der Waals surface area contributed by atoms with Gasteiger partial charge in [0.25, 0.3) is 0 Å². The lowest BCUT2D eigenvalue weighted by Gasteiger charge is -2.06. The molecule has 6 heteroatoms. The molecule has 0 radical (unpaired) electrons. The molecule has 0 atom stereocenters. The second-order valence-corrected chi connectivity index (χ2v) is 5.25. The number of aromatic nitrogens is 2. The SMILES string of the molecule is CNc1cc(Sc2cccc(F)c2)nc(SC)n1. The van der Waals surface area contributed by atoms with E-state index < -0.39 is 0 Å². The highest BCUT2D eigenvalue weighted by molar-refractivity contribution is 7.99. The van der Waals surface area contributed by atoms with E-state index in [-0.39, 0.29) is 5.82 Å². The lowest BCUT2D eigenvalue weighted by molar-refractivity contribution is 0.624. The minimum atomic E-state index is -0.243. The Morgan fingerprint density at radius 3 is 2.72 bits per heavy atom. The molecule has 1 N–H and O–H groups in total. The summed E-state index contributed by atoms with van der Waals surface area (Å²) >= 11 is 2.89. The fourth-order valence-corrected chi connectivity index (χ4v) is 2.63. The summed E-state index contributed by atoms with van der Waals surface area (Å²) in [6.45, 7) is 0. The minimum Gasteiger partial charge on any atom is -0.373 e. The third-order valence-electron chi connectivity index (χ3n) is 2.14. The van der Waals surface area contributed by atoms with E-state index in [1.54, 1.807) is 6.07 Å². The Hall–Kier alpha value is -1.27. The van der Waals surface area contributed by atoms with E-state index in [1.165, 1.54) is 35.7 Å². The van der Waals surface area contributed by atoms with Crippen molar-refractivity contribution in [3.8, 4) is 0 Å². The molecule has 18 heavy (non-hydrogen) atoms. The molecule has 0 aliphatic rings. The first-order valence-corrected chi connectivity index (χ1v) is 7.29. The van der Waals surface area contributed by atoms with Crippen LogP contribution in [0.1, 0.15) is 0 Å². The number of anilines is 1. The maximum absolute atomic E-state index is 13.1. The van der Waals surface area contributed by atoms with Gasteiger partial charge in [-0.3, -0.25) is 0 Å². The second kappa shape index (κ2) is 6.06. The molecular formula is C12H12FN3S2. The standard InChI is InChI=1S/C12H12FN3S2/c1-14-10-7-11(16-12(15-10)17-2)18-9-5-3-4-8(13)6-9/h3-7H,1-2H3,(H,14,15,16). The molecule has 0 fully saturated rings. The van der Waals surface area contributed by atoms with Crippen molar-refractivity contribution in [1.29, 1.82) is 0 Å². The summed E-state index contributed by atoms with van der Waals surface area (Å²) in [5, 5.41) is 4.48. The number of benzene rings is 1. The zero-order chi connectivity index (χ0) is 13.0. The summed E-state index contributed by atoms with van der Waals surface area (Å²) in [7, 11) is 1.81. The lowest BCUT2D eigenvalue weighted by Crippen LogP contribution is -1.96. The molecule has 0 bridgehead atoms. The average Bonchev–Trinajstić information content (AvgIpc) is 2.38. The van der Waals surface area contributed by atoms with E-state index in [2.05, 4.69) is 15.3 Å². The van der Waals surface area contributed by atoms with Crippen LogP contribution in [0.2, 0.25) is 0 Å². The highest BCUT2D eigenvalue weighted by Crippen LogP contribution is 2.29. The Balaban J connectivity index is 2.28. The van der Waals surface area contributed by atoms with Crippen molar-refractivity contribution >= 4 is 29.3 Å². The number of hydrogen-bond donors (Lipinski definition) is 1. The van der Waals surface area contributed by atoms with Crippen LogP contribution >= 0.6 is 23.5 Å². The second-order valence-electron chi connectivity index (χ2n) is 3.39. The molecule has 0 amide bonds. The summed E-state index contributed by atoms with van der Waals surface area (Å²) in [6, 6.07) is 8.30. The molecule has 2 aromatic rings. The Kier molecular flexibility index (Phi) is 4.43. The molecule has 0 spiro atoms. The fourth-order valence-electron chi connectivity index (χ4n) is 1.33. The van der Waals surface area contributed by atoms with Crippen molar-refractivity contribution in [3.63, 3.8) is 0 Å². The van der Waals surface area contributed by atoms with Gasteiger partial charge >= 0.3 is 0 Å². The molecular weight excluding hydrogens is 269 g/mol. The highest BCUT2D eigenvalue weighted by Gasteiger charge is 2.05. The van der Waals surface area contributed by atoms with Gasteiger partial charge in [-0.2, -0.15) is 0 Å². The predicted molar refractivity (Wildman–Crippen MR) is 73.9 cm³/mol. The van der Waals surface area contributed by atoms with Crippen LogP contribution in [0.15, 0.2) is 45.4 Å². The quantitative estimate of drug-likeness (QED) is 0.527. The monoisotopic (exact) mass is 281 g/mol. The maximum atomic E-state index is 13.1. The van der Waals surface area contributed by atoms with E-state index in [9.17, 15) is 4.39 Å². The molecule has 0 aliphatic heterocycles. The Morgan fingerprint density at radius 2 is 2.06 bits per heavy atom. The van der Waals surface area contributed by atoms with Crippen LogP contribution in [-0.2, 0) is 0 Å². The van der Waals surface area contributed by atoms with Gasteiger partial charge in [-0.1, -0.05) is 29.6 Å². The summed E-state index contributed by atoms with van der Waals surface area (Å²) in [5.74, 6) is 0.515. The third kappa shape index (κ3) is 3.36. The molecule has 2 rings (SSSR count). The fraction of sp³-hybridized carbons (Fsp3) is 0.167. The van der Waals surface area contributed by atoms with Crippen molar-refractivity contribution in [3.05, 3.63) is 36.1 Å². The largest absolute Gasteiger partial charge is 0.373 e. The minimum absolute atomic E-state index is 0.243. The normalized spacial score (nSPS) is 10.4. The van der Waals surface area contributed by atoms with E-state index in [0.29, 0.717) is 5.16 Å². The van der Waals surface area contributed by atoms with Gasteiger partial charge < -0.3 is 5.32 Å². The van der Waals surface area contributed by atoms with E-state index in [1.807, 2.05) is 25.4 Å². The molecule has 0 saturated carbocycles. The molecule has 3 nitrogen and oxygen atoms in total. The first-order chi connectivity index (χ1) is 8.71. The van der Waals surface area contributed by atoms with Gasteiger partial charge in [0.05, 0.1) is 0 Å². The van der Waals surface area contributed by atoms with Crippen LogP contribution in [-0.4, -0.2) is 23.3 Å². The van der Waals surface area contributed by atoms with Crippen LogP contribution in [0.25, 0.3) is 0 Å². The average molecular weight is 281 g/mol. The molecule has 1 aromatic heterocycles. The van der Waals surface area contributed by atoms with Gasteiger partial charge in [0.2, 0.25) is 0 Å². The van der Waals surface area contributed by atoms with Gasteiger partial charge in [-0.15, -0.1) is 0 Å². The van der Waals surface area contributed by atoms with Gasteiger partial charge in [0, 0.05) is 18.0 Å². The van der Waals surface area contributed by atoms with Crippen LogP contribution in [0.5, 0.6) is 0 Å². The first kappa shape index (κ1) is 13.2. The first-order valence-electron chi connectivity index (χ1n) is 5.25. The van der Waals surface area contributed by atoms with Crippen LogP contribution in [0.3, 0.4) is 0 Å².